The Balaban J connectivity index is 2.36. The van der Waals surface area contributed by atoms with Crippen LogP contribution < -0.4 is 4.74 Å². The summed E-state index contributed by atoms with van der Waals surface area (Å²) in [6.45, 7) is 3.19. The van der Waals surface area contributed by atoms with E-state index in [9.17, 15) is 8.42 Å². The van der Waals surface area contributed by atoms with Gasteiger partial charge in [0.25, 0.3) is 0 Å². The van der Waals surface area contributed by atoms with Crippen LogP contribution in [-0.2, 0) is 10.0 Å². The molecule has 23 heavy (non-hydrogen) atoms. The van der Waals surface area contributed by atoms with Crippen molar-refractivity contribution in [3.8, 4) is 5.75 Å². The topological polar surface area (TPSA) is 49.9 Å². The molecule has 0 amide bonds. The molecular formula is C16H26N2O3S2. The van der Waals surface area contributed by atoms with Crippen LogP contribution in [0.1, 0.15) is 12.0 Å². The summed E-state index contributed by atoms with van der Waals surface area (Å²) in [5.74, 6) is 2.56. The lowest BCUT2D eigenvalue weighted by atomic mass is 10.2. The number of aryl methyl sites for hydroxylation is 1. The number of ether oxygens (including phenoxy) is 1. The van der Waals surface area contributed by atoms with Crippen LogP contribution in [0, 0.1) is 6.92 Å². The van der Waals surface area contributed by atoms with E-state index in [1.54, 1.807) is 29.6 Å². The van der Waals surface area contributed by atoms with Crippen molar-refractivity contribution in [2.24, 2.45) is 0 Å². The second-order valence-corrected chi connectivity index (χ2v) is 9.13. The monoisotopic (exact) mass is 358 g/mol. The van der Waals surface area contributed by atoms with Crippen molar-refractivity contribution in [2.45, 2.75) is 24.3 Å². The number of likely N-dealkylation sites (N-methyl/N-ethyl adjacent to an activating group) is 1. The first-order valence-electron chi connectivity index (χ1n) is 7.75. The van der Waals surface area contributed by atoms with E-state index >= 15 is 0 Å². The van der Waals surface area contributed by atoms with E-state index in [0.29, 0.717) is 17.2 Å². The van der Waals surface area contributed by atoms with E-state index in [1.807, 2.05) is 32.8 Å². The second-order valence-electron chi connectivity index (χ2n) is 6.09. The average molecular weight is 359 g/mol. The molecule has 5 nitrogen and oxygen atoms in total. The molecule has 0 spiro atoms. The molecule has 1 aliphatic rings. The molecule has 0 aromatic heterocycles. The van der Waals surface area contributed by atoms with Crippen molar-refractivity contribution in [2.75, 3.05) is 45.8 Å². The molecule has 0 radical (unpaired) electrons. The number of rotatable bonds is 5. The highest BCUT2D eigenvalue weighted by Crippen LogP contribution is 2.27. The quantitative estimate of drug-likeness (QED) is 0.806. The summed E-state index contributed by atoms with van der Waals surface area (Å²) in [6, 6.07) is 5.09. The van der Waals surface area contributed by atoms with Crippen molar-refractivity contribution in [3.63, 3.8) is 0 Å². The van der Waals surface area contributed by atoms with Crippen molar-refractivity contribution < 1.29 is 13.2 Å². The maximum absolute atomic E-state index is 13.1. The Kier molecular flexibility index (Phi) is 6.36. The average Bonchev–Trinajstić information content (AvgIpc) is 2.72. The van der Waals surface area contributed by atoms with Crippen LogP contribution in [0.4, 0.5) is 0 Å². The fraction of sp³-hybridized carbons (Fsp3) is 0.625. The highest BCUT2D eigenvalue weighted by molar-refractivity contribution is 7.99. The fourth-order valence-corrected chi connectivity index (χ4v) is 5.73. The van der Waals surface area contributed by atoms with Crippen molar-refractivity contribution in [1.82, 2.24) is 9.21 Å². The minimum atomic E-state index is -3.49. The number of hydrogen-bond donors (Lipinski definition) is 0. The predicted octanol–water partition coefficient (Wildman–Crippen LogP) is 2.06. The number of methoxy groups -OCH3 is 1. The van der Waals surface area contributed by atoms with Gasteiger partial charge in [0.05, 0.1) is 12.0 Å². The van der Waals surface area contributed by atoms with E-state index in [0.717, 1.165) is 30.0 Å². The van der Waals surface area contributed by atoms with Gasteiger partial charge in [0.2, 0.25) is 10.0 Å². The first-order valence-corrected chi connectivity index (χ1v) is 10.3. The summed E-state index contributed by atoms with van der Waals surface area (Å²) in [6.07, 6.45) is 0.892. The Bertz CT molecular complexity index is 632. The third kappa shape index (κ3) is 4.41. The zero-order valence-electron chi connectivity index (χ0n) is 14.3. The molecule has 7 heteroatoms. The molecule has 1 saturated heterocycles. The van der Waals surface area contributed by atoms with Gasteiger partial charge in [0.1, 0.15) is 5.75 Å². The first-order chi connectivity index (χ1) is 10.9. The highest BCUT2D eigenvalue weighted by atomic mass is 32.2. The summed E-state index contributed by atoms with van der Waals surface area (Å²) in [5, 5.41) is 0. The highest BCUT2D eigenvalue weighted by Gasteiger charge is 2.33. The molecule has 0 aliphatic carbocycles. The maximum atomic E-state index is 13.1. The van der Waals surface area contributed by atoms with Crippen LogP contribution in [0.15, 0.2) is 23.1 Å². The molecule has 1 heterocycles. The van der Waals surface area contributed by atoms with Crippen LogP contribution >= 0.6 is 11.8 Å². The number of hydrogen-bond acceptors (Lipinski definition) is 5. The SMILES string of the molecule is COc1ccc(S(=O)(=O)N2CCCSCC2CN(C)C)cc1C. The maximum Gasteiger partial charge on any atom is 0.243 e. The van der Waals surface area contributed by atoms with Gasteiger partial charge in [0.15, 0.2) is 0 Å². The molecule has 1 aliphatic heterocycles. The normalized spacial score (nSPS) is 20.5. The molecule has 1 atom stereocenters. The smallest absolute Gasteiger partial charge is 0.243 e. The molecule has 1 fully saturated rings. The summed E-state index contributed by atoms with van der Waals surface area (Å²) in [5.41, 5.74) is 0.835. The molecule has 0 saturated carbocycles. The van der Waals surface area contributed by atoms with Crippen molar-refractivity contribution in [3.05, 3.63) is 23.8 Å². The van der Waals surface area contributed by atoms with Gasteiger partial charge in [0, 0.05) is 24.9 Å². The minimum absolute atomic E-state index is 0.00454. The van der Waals surface area contributed by atoms with Crippen molar-refractivity contribution in [1.29, 1.82) is 0 Å². The van der Waals surface area contributed by atoms with Gasteiger partial charge < -0.3 is 9.64 Å². The summed E-state index contributed by atoms with van der Waals surface area (Å²) >= 11 is 1.84. The molecule has 0 bridgehead atoms. The van der Waals surface area contributed by atoms with E-state index in [2.05, 4.69) is 4.90 Å². The van der Waals surface area contributed by atoms with Gasteiger partial charge in [-0.25, -0.2) is 8.42 Å². The Morgan fingerprint density at radius 3 is 2.74 bits per heavy atom. The zero-order chi connectivity index (χ0) is 17.0. The van der Waals surface area contributed by atoms with E-state index in [-0.39, 0.29) is 6.04 Å². The summed E-state index contributed by atoms with van der Waals surface area (Å²) in [4.78, 5) is 2.41. The van der Waals surface area contributed by atoms with Crippen LogP contribution in [0.3, 0.4) is 0 Å². The predicted molar refractivity (Wildman–Crippen MR) is 95.9 cm³/mol. The molecule has 1 aromatic carbocycles. The molecule has 0 N–H and O–H groups in total. The van der Waals surface area contributed by atoms with Crippen LogP contribution in [0.2, 0.25) is 0 Å². The second kappa shape index (κ2) is 7.88. The van der Waals surface area contributed by atoms with Gasteiger partial charge >= 0.3 is 0 Å². The summed E-state index contributed by atoms with van der Waals surface area (Å²) in [7, 11) is 2.07. The van der Waals surface area contributed by atoms with Gasteiger partial charge in [-0.15, -0.1) is 0 Å². The van der Waals surface area contributed by atoms with Gasteiger partial charge in [-0.1, -0.05) is 0 Å². The Morgan fingerprint density at radius 1 is 1.39 bits per heavy atom. The van der Waals surface area contributed by atoms with Crippen molar-refractivity contribution >= 4 is 21.8 Å². The van der Waals surface area contributed by atoms with E-state index in [4.69, 9.17) is 4.74 Å². The third-order valence-electron chi connectivity index (χ3n) is 3.93. The van der Waals surface area contributed by atoms with Gasteiger partial charge in [-0.05, 0) is 57.0 Å². The van der Waals surface area contributed by atoms with E-state index < -0.39 is 10.0 Å². The third-order valence-corrected chi connectivity index (χ3v) is 7.08. The number of nitrogens with zero attached hydrogens (tertiary/aromatic N) is 2. The van der Waals surface area contributed by atoms with E-state index in [1.165, 1.54) is 0 Å². The Morgan fingerprint density at radius 2 is 2.13 bits per heavy atom. The summed E-state index contributed by atoms with van der Waals surface area (Å²) < 4.78 is 33.2. The fourth-order valence-electron chi connectivity index (χ4n) is 2.84. The standard InChI is InChI=1S/C16H26N2O3S2/c1-13-10-15(6-7-16(13)21-4)23(19,20)18-8-5-9-22-12-14(18)11-17(2)3/h6-7,10,14H,5,8-9,11-12H2,1-4H3. The van der Waals surface area contributed by atoms with Gasteiger partial charge in [-0.2, -0.15) is 16.1 Å². The molecule has 1 unspecified atom stereocenters. The Hall–Kier alpha value is -0.760. The van der Waals surface area contributed by atoms with Crippen LogP contribution in [0.25, 0.3) is 0 Å². The zero-order valence-corrected chi connectivity index (χ0v) is 15.9. The largest absolute Gasteiger partial charge is 0.496 e. The molecule has 130 valence electrons. The first kappa shape index (κ1) is 18.6. The minimum Gasteiger partial charge on any atom is -0.496 e. The lowest BCUT2D eigenvalue weighted by Gasteiger charge is -2.31. The Labute approximate surface area is 144 Å². The molecule has 1 aromatic rings. The number of benzene rings is 1. The van der Waals surface area contributed by atoms with Gasteiger partial charge in [-0.3, -0.25) is 0 Å². The molecular weight excluding hydrogens is 332 g/mol. The lowest BCUT2D eigenvalue weighted by Crippen LogP contribution is -2.46. The lowest BCUT2D eigenvalue weighted by molar-refractivity contribution is 0.271. The molecule has 2 rings (SSSR count). The number of thioether (sulfide) groups is 1. The number of sulfonamides is 1. The van der Waals surface area contributed by atoms with Crippen LogP contribution in [0.5, 0.6) is 5.75 Å². The van der Waals surface area contributed by atoms with Crippen LogP contribution in [-0.4, -0.2) is 69.5 Å².